The largest absolute Gasteiger partial charge is 0.396 e. The summed E-state index contributed by atoms with van der Waals surface area (Å²) in [4.78, 5) is 11.2. The third-order valence-corrected chi connectivity index (χ3v) is 3.32. The number of carbonyl (C=O) groups excluding carboxylic acids is 1. The number of amides is 1. The quantitative estimate of drug-likeness (QED) is 0.760. The molecule has 0 bridgehead atoms. The Bertz CT molecular complexity index is 641. The molecule has 19 heavy (non-hydrogen) atoms. The smallest absolute Gasteiger partial charge is 0.250 e. The van der Waals surface area contributed by atoms with E-state index in [-0.39, 0.29) is 0 Å². The van der Waals surface area contributed by atoms with Crippen LogP contribution in [0.1, 0.15) is 15.9 Å². The van der Waals surface area contributed by atoms with E-state index in [2.05, 4.69) is 21.2 Å². The van der Waals surface area contributed by atoms with E-state index < -0.39 is 5.91 Å². The van der Waals surface area contributed by atoms with E-state index in [1.54, 1.807) is 12.1 Å². The summed E-state index contributed by atoms with van der Waals surface area (Å²) in [6.07, 6.45) is 0. The monoisotopic (exact) mass is 319 g/mol. The lowest BCUT2D eigenvalue weighted by molar-refractivity contribution is 0.100. The number of para-hydroxylation sites is 1. The maximum absolute atomic E-state index is 11.2. The van der Waals surface area contributed by atoms with Gasteiger partial charge in [-0.3, -0.25) is 4.79 Å². The molecule has 5 N–H and O–H groups in total. The maximum atomic E-state index is 11.2. The predicted molar refractivity (Wildman–Crippen MR) is 81.5 cm³/mol. The molecular formula is C14H14BrN3O. The molecule has 2 aromatic carbocycles. The van der Waals surface area contributed by atoms with E-state index in [4.69, 9.17) is 11.5 Å². The minimum absolute atomic E-state index is 0.319. The van der Waals surface area contributed by atoms with Crippen molar-refractivity contribution in [2.45, 2.75) is 6.92 Å². The molecule has 0 saturated heterocycles. The molecule has 2 rings (SSSR count). The van der Waals surface area contributed by atoms with Gasteiger partial charge in [-0.05, 0) is 42.8 Å². The zero-order valence-corrected chi connectivity index (χ0v) is 12.0. The van der Waals surface area contributed by atoms with E-state index >= 15 is 0 Å². The van der Waals surface area contributed by atoms with Crippen LogP contribution in [-0.2, 0) is 0 Å². The first-order chi connectivity index (χ1) is 8.99. The van der Waals surface area contributed by atoms with Gasteiger partial charge in [0.05, 0.1) is 16.9 Å². The van der Waals surface area contributed by atoms with Crippen LogP contribution in [0.2, 0.25) is 0 Å². The highest BCUT2D eigenvalue weighted by Gasteiger charge is 2.10. The first-order valence-corrected chi connectivity index (χ1v) is 6.50. The van der Waals surface area contributed by atoms with Gasteiger partial charge in [0.1, 0.15) is 0 Å². The number of halogens is 1. The van der Waals surface area contributed by atoms with Gasteiger partial charge in [-0.2, -0.15) is 0 Å². The Morgan fingerprint density at radius 1 is 1.21 bits per heavy atom. The number of benzene rings is 2. The Hall–Kier alpha value is -2.01. The van der Waals surface area contributed by atoms with Gasteiger partial charge in [-0.1, -0.05) is 22.0 Å². The minimum atomic E-state index is -0.534. The van der Waals surface area contributed by atoms with Crippen molar-refractivity contribution < 1.29 is 4.79 Å². The highest BCUT2D eigenvalue weighted by atomic mass is 79.9. The minimum Gasteiger partial charge on any atom is -0.396 e. The molecule has 0 spiro atoms. The molecule has 4 nitrogen and oxygen atoms in total. The number of nitrogen functional groups attached to an aromatic ring is 1. The van der Waals surface area contributed by atoms with Crippen LogP contribution < -0.4 is 16.8 Å². The van der Waals surface area contributed by atoms with Gasteiger partial charge in [0, 0.05) is 10.2 Å². The molecular weight excluding hydrogens is 306 g/mol. The Balaban J connectivity index is 2.38. The number of anilines is 3. The molecule has 0 unspecified atom stereocenters. The van der Waals surface area contributed by atoms with E-state index in [9.17, 15) is 4.79 Å². The standard InChI is InChI=1S/C14H14BrN3O/c1-8-7-9(15)5-6-11(8)18-12-4-2-3-10(13(12)16)14(17)19/h2-7,18H,16H2,1H3,(H2,17,19). The van der Waals surface area contributed by atoms with E-state index in [0.717, 1.165) is 15.7 Å². The number of nitrogens with one attached hydrogen (secondary N) is 1. The van der Waals surface area contributed by atoms with Crippen LogP contribution >= 0.6 is 15.9 Å². The van der Waals surface area contributed by atoms with Gasteiger partial charge in [0.2, 0.25) is 0 Å². The number of nitrogens with two attached hydrogens (primary N) is 2. The summed E-state index contributed by atoms with van der Waals surface area (Å²) in [6, 6.07) is 11.0. The topological polar surface area (TPSA) is 81.1 Å². The fourth-order valence-electron chi connectivity index (χ4n) is 1.80. The maximum Gasteiger partial charge on any atom is 0.250 e. The lowest BCUT2D eigenvalue weighted by atomic mass is 10.1. The molecule has 2 aromatic rings. The molecule has 0 fully saturated rings. The molecule has 1 amide bonds. The van der Waals surface area contributed by atoms with E-state index in [0.29, 0.717) is 16.9 Å². The number of rotatable bonds is 3. The fourth-order valence-corrected chi connectivity index (χ4v) is 2.28. The highest BCUT2D eigenvalue weighted by molar-refractivity contribution is 9.10. The summed E-state index contributed by atoms with van der Waals surface area (Å²) < 4.78 is 1.01. The van der Waals surface area contributed by atoms with Crippen LogP contribution in [0.4, 0.5) is 17.1 Å². The van der Waals surface area contributed by atoms with Crippen molar-refractivity contribution in [2.24, 2.45) is 5.73 Å². The summed E-state index contributed by atoms with van der Waals surface area (Å²) in [5, 5.41) is 3.21. The average Bonchev–Trinajstić information content (AvgIpc) is 2.34. The number of hydrogen-bond donors (Lipinski definition) is 3. The van der Waals surface area contributed by atoms with Gasteiger partial charge in [0.15, 0.2) is 0 Å². The third kappa shape index (κ3) is 2.88. The van der Waals surface area contributed by atoms with Gasteiger partial charge in [0.25, 0.3) is 5.91 Å². The molecule has 0 radical (unpaired) electrons. The van der Waals surface area contributed by atoms with Crippen LogP contribution in [0.15, 0.2) is 40.9 Å². The Morgan fingerprint density at radius 3 is 2.58 bits per heavy atom. The normalized spacial score (nSPS) is 10.2. The summed E-state index contributed by atoms with van der Waals surface area (Å²) in [7, 11) is 0. The summed E-state index contributed by atoms with van der Waals surface area (Å²) in [6.45, 7) is 1.99. The summed E-state index contributed by atoms with van der Waals surface area (Å²) in [5.74, 6) is -0.534. The Labute approximate surface area is 119 Å². The van der Waals surface area contributed by atoms with E-state index in [1.807, 2.05) is 31.2 Å². The lowest BCUT2D eigenvalue weighted by Gasteiger charge is -2.13. The van der Waals surface area contributed by atoms with Crippen molar-refractivity contribution in [1.29, 1.82) is 0 Å². The fraction of sp³-hybridized carbons (Fsp3) is 0.0714. The lowest BCUT2D eigenvalue weighted by Crippen LogP contribution is -2.14. The van der Waals surface area contributed by atoms with Crippen molar-refractivity contribution in [1.82, 2.24) is 0 Å². The number of carbonyl (C=O) groups is 1. The van der Waals surface area contributed by atoms with Gasteiger partial charge in [-0.25, -0.2) is 0 Å². The average molecular weight is 320 g/mol. The second-order valence-corrected chi connectivity index (χ2v) is 5.13. The highest BCUT2D eigenvalue weighted by Crippen LogP contribution is 2.28. The Kier molecular flexibility index (Phi) is 3.76. The second-order valence-electron chi connectivity index (χ2n) is 4.22. The second kappa shape index (κ2) is 5.32. The molecule has 0 saturated carbocycles. The van der Waals surface area contributed by atoms with Crippen LogP contribution in [0, 0.1) is 6.92 Å². The molecule has 0 aliphatic carbocycles. The van der Waals surface area contributed by atoms with Crippen molar-refractivity contribution in [3.05, 3.63) is 52.0 Å². The van der Waals surface area contributed by atoms with Crippen molar-refractivity contribution in [2.75, 3.05) is 11.1 Å². The predicted octanol–water partition coefficient (Wildman–Crippen LogP) is 3.18. The zero-order valence-electron chi connectivity index (χ0n) is 10.4. The van der Waals surface area contributed by atoms with Crippen LogP contribution in [0.3, 0.4) is 0 Å². The first-order valence-electron chi connectivity index (χ1n) is 5.70. The molecule has 0 atom stereocenters. The van der Waals surface area contributed by atoms with Crippen LogP contribution in [0.5, 0.6) is 0 Å². The molecule has 0 heterocycles. The third-order valence-electron chi connectivity index (χ3n) is 2.83. The Morgan fingerprint density at radius 2 is 1.95 bits per heavy atom. The SMILES string of the molecule is Cc1cc(Br)ccc1Nc1cccc(C(N)=O)c1N. The summed E-state index contributed by atoms with van der Waals surface area (Å²) >= 11 is 3.41. The molecule has 0 aromatic heterocycles. The number of primary amides is 1. The molecule has 5 heteroatoms. The summed E-state index contributed by atoms with van der Waals surface area (Å²) in [5.41, 5.74) is 14.6. The van der Waals surface area contributed by atoms with Gasteiger partial charge in [-0.15, -0.1) is 0 Å². The van der Waals surface area contributed by atoms with E-state index in [1.165, 1.54) is 0 Å². The van der Waals surface area contributed by atoms with Crippen molar-refractivity contribution >= 4 is 38.9 Å². The molecule has 0 aliphatic rings. The molecule has 0 aliphatic heterocycles. The zero-order chi connectivity index (χ0) is 14.0. The van der Waals surface area contributed by atoms with Crippen LogP contribution in [-0.4, -0.2) is 5.91 Å². The van der Waals surface area contributed by atoms with Gasteiger partial charge >= 0.3 is 0 Å². The van der Waals surface area contributed by atoms with Gasteiger partial charge < -0.3 is 16.8 Å². The van der Waals surface area contributed by atoms with Crippen LogP contribution in [0.25, 0.3) is 0 Å². The van der Waals surface area contributed by atoms with Crippen molar-refractivity contribution in [3.63, 3.8) is 0 Å². The number of aryl methyl sites for hydroxylation is 1. The first kappa shape index (κ1) is 13.4. The molecule has 98 valence electrons. The number of hydrogen-bond acceptors (Lipinski definition) is 3. The van der Waals surface area contributed by atoms with Crippen molar-refractivity contribution in [3.8, 4) is 0 Å².